The second-order valence-corrected chi connectivity index (χ2v) is 7.74. The maximum Gasteiger partial charge on any atom is 0.191 e. The Bertz CT molecular complexity index is 1040. The molecule has 1 aliphatic heterocycles. The average Bonchev–Trinajstić information content (AvgIpc) is 3.30. The van der Waals surface area contributed by atoms with Gasteiger partial charge in [-0.15, -0.1) is 0 Å². The minimum atomic E-state index is 0.119. The molecule has 2 heterocycles. The van der Waals surface area contributed by atoms with Gasteiger partial charge in [-0.25, -0.2) is 4.99 Å². The molecular formula is C25H30N4O2. The van der Waals surface area contributed by atoms with Gasteiger partial charge in [0.15, 0.2) is 5.96 Å². The van der Waals surface area contributed by atoms with Crippen molar-refractivity contribution in [3.05, 3.63) is 71.5 Å². The van der Waals surface area contributed by atoms with Crippen molar-refractivity contribution in [2.45, 2.75) is 39.5 Å². The normalized spacial score (nSPS) is 16.5. The minimum absolute atomic E-state index is 0.119. The third-order valence-electron chi connectivity index (χ3n) is 5.34. The van der Waals surface area contributed by atoms with E-state index in [9.17, 15) is 0 Å². The van der Waals surface area contributed by atoms with Crippen molar-refractivity contribution >= 4 is 16.7 Å². The van der Waals surface area contributed by atoms with Crippen LogP contribution in [0.15, 0.2) is 59.7 Å². The van der Waals surface area contributed by atoms with Gasteiger partial charge in [0, 0.05) is 30.1 Å². The van der Waals surface area contributed by atoms with Crippen molar-refractivity contribution < 1.29 is 9.47 Å². The number of fused-ring (bicyclic) bond motifs is 1. The number of ether oxygens (including phenoxy) is 2. The first-order valence-corrected chi connectivity index (χ1v) is 10.9. The molecule has 1 unspecified atom stereocenters. The van der Waals surface area contributed by atoms with E-state index >= 15 is 0 Å². The van der Waals surface area contributed by atoms with Crippen LogP contribution in [-0.2, 0) is 17.8 Å². The van der Waals surface area contributed by atoms with Crippen LogP contribution in [0.3, 0.4) is 0 Å². The minimum Gasteiger partial charge on any atom is -0.488 e. The van der Waals surface area contributed by atoms with Crippen LogP contribution in [0.2, 0.25) is 0 Å². The Hall–Kier alpha value is -3.12. The van der Waals surface area contributed by atoms with E-state index in [1.165, 1.54) is 10.9 Å². The van der Waals surface area contributed by atoms with Crippen LogP contribution in [0.5, 0.6) is 5.75 Å². The number of hydrogen-bond acceptors (Lipinski definition) is 4. The summed E-state index contributed by atoms with van der Waals surface area (Å²) in [6.45, 7) is 7.47. The summed E-state index contributed by atoms with van der Waals surface area (Å²) < 4.78 is 11.7. The smallest absolute Gasteiger partial charge is 0.191 e. The van der Waals surface area contributed by atoms with E-state index in [4.69, 9.17) is 14.5 Å². The summed E-state index contributed by atoms with van der Waals surface area (Å²) in [7, 11) is 0. The lowest BCUT2D eigenvalue weighted by atomic mass is 10.1. The number of aryl methyl sites for hydroxylation is 1. The van der Waals surface area contributed by atoms with Gasteiger partial charge in [-0.05, 0) is 36.9 Å². The van der Waals surface area contributed by atoms with Crippen LogP contribution in [0.25, 0.3) is 10.8 Å². The van der Waals surface area contributed by atoms with Crippen molar-refractivity contribution in [3.63, 3.8) is 0 Å². The van der Waals surface area contributed by atoms with Gasteiger partial charge in [-0.2, -0.15) is 0 Å². The Labute approximate surface area is 183 Å². The van der Waals surface area contributed by atoms with Gasteiger partial charge in [0.05, 0.1) is 32.0 Å². The van der Waals surface area contributed by atoms with E-state index in [1.54, 1.807) is 0 Å². The number of nitrogens with one attached hydrogen (secondary N) is 2. The fourth-order valence-corrected chi connectivity index (χ4v) is 3.68. The number of aromatic nitrogens is 1. The van der Waals surface area contributed by atoms with E-state index < -0.39 is 0 Å². The number of aliphatic imine (C=N–C) groups is 1. The molecule has 0 radical (unpaired) electrons. The highest BCUT2D eigenvalue weighted by Gasteiger charge is 2.18. The van der Waals surface area contributed by atoms with Crippen LogP contribution >= 0.6 is 0 Å². The monoisotopic (exact) mass is 418 g/mol. The molecule has 0 aliphatic carbocycles. The molecule has 1 saturated heterocycles. The summed E-state index contributed by atoms with van der Waals surface area (Å²) in [5.74, 6) is 1.65. The third kappa shape index (κ3) is 5.52. The molecule has 0 amide bonds. The molecule has 6 heteroatoms. The first-order chi connectivity index (χ1) is 15.2. The van der Waals surface area contributed by atoms with E-state index in [2.05, 4.69) is 59.8 Å². The lowest BCUT2D eigenvalue weighted by Crippen LogP contribution is -2.37. The van der Waals surface area contributed by atoms with Crippen LogP contribution < -0.4 is 15.4 Å². The zero-order valence-electron chi connectivity index (χ0n) is 18.2. The van der Waals surface area contributed by atoms with Gasteiger partial charge in [-0.1, -0.05) is 36.4 Å². The average molecular weight is 419 g/mol. The highest BCUT2D eigenvalue weighted by Crippen LogP contribution is 2.24. The number of nitrogens with zero attached hydrogens (tertiary/aromatic N) is 2. The highest BCUT2D eigenvalue weighted by atomic mass is 16.5. The predicted octanol–water partition coefficient (Wildman–Crippen LogP) is 3.97. The van der Waals surface area contributed by atoms with Gasteiger partial charge in [0.25, 0.3) is 0 Å². The maximum absolute atomic E-state index is 6.21. The third-order valence-corrected chi connectivity index (χ3v) is 5.34. The molecule has 1 aromatic heterocycles. The van der Waals surface area contributed by atoms with Crippen LogP contribution in [0, 0.1) is 6.92 Å². The molecule has 1 fully saturated rings. The molecule has 6 nitrogen and oxygen atoms in total. The number of guanidine groups is 1. The summed E-state index contributed by atoms with van der Waals surface area (Å²) in [5.41, 5.74) is 3.25. The van der Waals surface area contributed by atoms with Crippen LogP contribution in [-0.4, -0.2) is 36.8 Å². The molecule has 2 N–H and O–H groups in total. The molecular weight excluding hydrogens is 388 g/mol. The summed E-state index contributed by atoms with van der Waals surface area (Å²) in [5, 5.41) is 9.09. The second-order valence-electron chi connectivity index (χ2n) is 7.74. The van der Waals surface area contributed by atoms with Gasteiger partial charge < -0.3 is 20.1 Å². The zero-order valence-corrected chi connectivity index (χ0v) is 18.2. The Balaban J connectivity index is 1.47. The van der Waals surface area contributed by atoms with Crippen molar-refractivity contribution in [1.29, 1.82) is 0 Å². The molecule has 0 spiro atoms. The summed E-state index contributed by atoms with van der Waals surface area (Å²) >= 11 is 0. The van der Waals surface area contributed by atoms with E-state index in [0.717, 1.165) is 47.9 Å². The Kier molecular flexibility index (Phi) is 6.99. The first-order valence-electron chi connectivity index (χ1n) is 10.9. The molecule has 4 rings (SSSR count). The quantitative estimate of drug-likeness (QED) is 0.449. The molecule has 0 saturated carbocycles. The predicted molar refractivity (Wildman–Crippen MR) is 124 cm³/mol. The molecule has 2 aromatic carbocycles. The standard InChI is InChI=1S/C25H30N4O2/c1-3-26-25(29-16-23-22-7-5-4-6-19(22)10-12-27-23)28-15-20-9-8-18(2)14-24(20)31-21-11-13-30-17-21/h4-10,12,14,21H,3,11,13,15-17H2,1-2H3,(H2,26,28,29). The Morgan fingerprint density at radius 1 is 1.19 bits per heavy atom. The number of hydrogen-bond donors (Lipinski definition) is 2. The molecule has 31 heavy (non-hydrogen) atoms. The molecule has 3 aromatic rings. The molecule has 1 atom stereocenters. The van der Waals surface area contributed by atoms with Crippen LogP contribution in [0.1, 0.15) is 30.2 Å². The second kappa shape index (κ2) is 10.3. The van der Waals surface area contributed by atoms with Crippen molar-refractivity contribution in [3.8, 4) is 5.75 Å². The molecule has 162 valence electrons. The number of benzene rings is 2. The van der Waals surface area contributed by atoms with Gasteiger partial charge in [0.1, 0.15) is 11.9 Å². The number of pyridine rings is 1. The summed E-state index contributed by atoms with van der Waals surface area (Å²) in [6.07, 6.45) is 2.90. The van der Waals surface area contributed by atoms with Gasteiger partial charge in [0.2, 0.25) is 0 Å². The Morgan fingerprint density at radius 3 is 2.94 bits per heavy atom. The molecule has 1 aliphatic rings. The number of rotatable bonds is 7. The summed E-state index contributed by atoms with van der Waals surface area (Å²) in [6, 6.07) is 16.6. The van der Waals surface area contributed by atoms with Crippen molar-refractivity contribution in [2.24, 2.45) is 4.99 Å². The lowest BCUT2D eigenvalue weighted by molar-refractivity contribution is 0.140. The van der Waals surface area contributed by atoms with Crippen LogP contribution in [0.4, 0.5) is 0 Å². The fraction of sp³-hybridized carbons (Fsp3) is 0.360. The van der Waals surface area contributed by atoms with E-state index in [-0.39, 0.29) is 6.10 Å². The highest BCUT2D eigenvalue weighted by molar-refractivity contribution is 5.85. The topological polar surface area (TPSA) is 67.8 Å². The van der Waals surface area contributed by atoms with Gasteiger partial charge in [-0.3, -0.25) is 4.98 Å². The molecule has 0 bridgehead atoms. The van der Waals surface area contributed by atoms with Gasteiger partial charge >= 0.3 is 0 Å². The SMILES string of the molecule is CCNC(=NCc1ccc(C)cc1OC1CCOC1)NCc1nccc2ccccc12. The first kappa shape index (κ1) is 21.1. The Morgan fingerprint density at radius 2 is 2.10 bits per heavy atom. The summed E-state index contributed by atoms with van der Waals surface area (Å²) in [4.78, 5) is 9.36. The lowest BCUT2D eigenvalue weighted by Gasteiger charge is -2.16. The maximum atomic E-state index is 6.21. The van der Waals surface area contributed by atoms with Crippen molar-refractivity contribution in [1.82, 2.24) is 15.6 Å². The van der Waals surface area contributed by atoms with Crippen molar-refractivity contribution in [2.75, 3.05) is 19.8 Å². The van der Waals surface area contributed by atoms with E-state index in [1.807, 2.05) is 24.4 Å². The fourth-order valence-electron chi connectivity index (χ4n) is 3.68. The van der Waals surface area contributed by atoms with E-state index in [0.29, 0.717) is 19.7 Å². The zero-order chi connectivity index (χ0) is 21.5. The largest absolute Gasteiger partial charge is 0.488 e.